The molecule has 1 aromatic heterocycles. The zero-order valence-electron chi connectivity index (χ0n) is 7.88. The van der Waals surface area contributed by atoms with Crippen LogP contribution >= 0.6 is 43.2 Å². The number of rotatable bonds is 2. The lowest BCUT2D eigenvalue weighted by molar-refractivity contribution is 0.561. The molecule has 0 spiro atoms. The van der Waals surface area contributed by atoms with Gasteiger partial charge in [-0.1, -0.05) is 22.0 Å². The summed E-state index contributed by atoms with van der Waals surface area (Å²) in [5, 5.41) is 1.87. The summed E-state index contributed by atoms with van der Waals surface area (Å²) in [5.74, 6) is -1.08. The molecule has 0 bridgehead atoms. The van der Waals surface area contributed by atoms with Crippen molar-refractivity contribution in [3.63, 3.8) is 0 Å². The molecule has 2 rings (SSSR count). The Labute approximate surface area is 113 Å². The quantitative estimate of drug-likeness (QED) is 0.634. The molecular formula is C11H6Br2F2S. The molecule has 2 aromatic rings. The third kappa shape index (κ3) is 2.21. The van der Waals surface area contributed by atoms with E-state index < -0.39 is 16.5 Å². The molecule has 0 amide bonds. The van der Waals surface area contributed by atoms with Gasteiger partial charge < -0.3 is 0 Å². The van der Waals surface area contributed by atoms with Gasteiger partial charge in [-0.2, -0.15) is 0 Å². The molecule has 1 unspecified atom stereocenters. The van der Waals surface area contributed by atoms with E-state index in [1.54, 1.807) is 0 Å². The van der Waals surface area contributed by atoms with Gasteiger partial charge in [-0.05, 0) is 39.5 Å². The van der Waals surface area contributed by atoms with Crippen LogP contribution in [0.3, 0.4) is 0 Å². The van der Waals surface area contributed by atoms with Gasteiger partial charge in [0.05, 0.1) is 4.83 Å². The van der Waals surface area contributed by atoms with Gasteiger partial charge in [0.15, 0.2) is 0 Å². The van der Waals surface area contributed by atoms with Crippen LogP contribution in [0.2, 0.25) is 0 Å². The van der Waals surface area contributed by atoms with Gasteiger partial charge in [0.2, 0.25) is 0 Å². The molecule has 16 heavy (non-hydrogen) atoms. The van der Waals surface area contributed by atoms with Crippen LogP contribution in [0.25, 0.3) is 0 Å². The minimum absolute atomic E-state index is 0.0469. The summed E-state index contributed by atoms with van der Waals surface area (Å²) >= 11 is 8.12. The molecule has 1 atom stereocenters. The average Bonchev–Trinajstić information content (AvgIpc) is 2.64. The highest BCUT2D eigenvalue weighted by molar-refractivity contribution is 9.11. The summed E-state index contributed by atoms with van der Waals surface area (Å²) in [6.45, 7) is 0. The van der Waals surface area contributed by atoms with Gasteiger partial charge in [0.1, 0.15) is 11.6 Å². The lowest BCUT2D eigenvalue weighted by atomic mass is 10.1. The van der Waals surface area contributed by atoms with Crippen LogP contribution in [0.4, 0.5) is 8.78 Å². The molecule has 0 aliphatic rings. The summed E-state index contributed by atoms with van der Waals surface area (Å²) in [6.07, 6.45) is 0. The molecule has 0 nitrogen and oxygen atoms in total. The van der Waals surface area contributed by atoms with E-state index in [0.717, 1.165) is 9.35 Å². The molecule has 0 aliphatic carbocycles. The van der Waals surface area contributed by atoms with Crippen molar-refractivity contribution in [1.29, 1.82) is 0 Å². The average molecular weight is 368 g/mol. The number of halogens is 4. The Balaban J connectivity index is 2.49. The van der Waals surface area contributed by atoms with Crippen molar-refractivity contribution in [2.24, 2.45) is 0 Å². The van der Waals surface area contributed by atoms with Crippen molar-refractivity contribution in [1.82, 2.24) is 0 Å². The minimum atomic E-state index is -0.540. The van der Waals surface area contributed by atoms with Crippen LogP contribution < -0.4 is 0 Å². The van der Waals surface area contributed by atoms with Crippen LogP contribution in [0, 0.1) is 11.6 Å². The van der Waals surface area contributed by atoms with Gasteiger partial charge in [-0.15, -0.1) is 11.3 Å². The summed E-state index contributed by atoms with van der Waals surface area (Å²) in [4.78, 5) is 0.382. The van der Waals surface area contributed by atoms with E-state index in [4.69, 9.17) is 0 Å². The van der Waals surface area contributed by atoms with Crippen molar-refractivity contribution >= 4 is 43.2 Å². The number of benzene rings is 1. The maximum Gasteiger partial charge on any atom is 0.130 e. The van der Waals surface area contributed by atoms with Crippen molar-refractivity contribution in [3.8, 4) is 0 Å². The Morgan fingerprint density at radius 1 is 1.12 bits per heavy atom. The SMILES string of the molecule is Fc1cccc(F)c1C(Br)c1sccc1Br. The number of alkyl halides is 1. The Morgan fingerprint density at radius 3 is 2.25 bits per heavy atom. The van der Waals surface area contributed by atoms with Crippen molar-refractivity contribution in [2.75, 3.05) is 0 Å². The molecule has 1 heterocycles. The highest BCUT2D eigenvalue weighted by Gasteiger charge is 2.21. The predicted octanol–water partition coefficient (Wildman–Crippen LogP) is 5.27. The first-order valence-corrected chi connectivity index (χ1v) is 7.01. The van der Waals surface area contributed by atoms with Gasteiger partial charge in [0, 0.05) is 14.9 Å². The second-order valence-corrected chi connectivity index (χ2v) is 5.85. The summed E-state index contributed by atoms with van der Waals surface area (Å²) in [7, 11) is 0. The molecule has 0 saturated heterocycles. The first-order valence-electron chi connectivity index (χ1n) is 4.42. The number of thiophene rings is 1. The molecule has 0 fully saturated rings. The second kappa shape index (κ2) is 4.94. The standard InChI is InChI=1S/C11H6Br2F2S/c12-6-4-5-16-11(6)10(13)9-7(14)2-1-3-8(9)15/h1-5,10H. The fourth-order valence-corrected chi connectivity index (χ4v) is 4.27. The van der Waals surface area contributed by atoms with Gasteiger partial charge in [-0.3, -0.25) is 0 Å². The van der Waals surface area contributed by atoms with E-state index in [1.807, 2.05) is 11.4 Å². The monoisotopic (exact) mass is 366 g/mol. The molecule has 84 valence electrons. The zero-order valence-corrected chi connectivity index (χ0v) is 11.9. The highest BCUT2D eigenvalue weighted by atomic mass is 79.9. The zero-order chi connectivity index (χ0) is 11.7. The van der Waals surface area contributed by atoms with E-state index in [0.29, 0.717) is 0 Å². The van der Waals surface area contributed by atoms with E-state index in [9.17, 15) is 8.78 Å². The smallest absolute Gasteiger partial charge is 0.130 e. The van der Waals surface area contributed by atoms with Crippen molar-refractivity contribution in [2.45, 2.75) is 4.83 Å². The first-order chi connectivity index (χ1) is 7.61. The fourth-order valence-electron chi connectivity index (χ4n) is 1.37. The van der Waals surface area contributed by atoms with Crippen molar-refractivity contribution < 1.29 is 8.78 Å². The Hall–Kier alpha value is -0.260. The van der Waals surface area contributed by atoms with E-state index in [-0.39, 0.29) is 5.56 Å². The molecule has 0 N–H and O–H groups in total. The van der Waals surface area contributed by atoms with Gasteiger partial charge in [-0.25, -0.2) is 8.78 Å². The predicted molar refractivity (Wildman–Crippen MR) is 69.1 cm³/mol. The minimum Gasteiger partial charge on any atom is -0.207 e. The third-order valence-electron chi connectivity index (χ3n) is 2.13. The topological polar surface area (TPSA) is 0 Å². The lowest BCUT2D eigenvalue weighted by Crippen LogP contribution is -1.99. The largest absolute Gasteiger partial charge is 0.207 e. The number of hydrogen-bond acceptors (Lipinski definition) is 1. The Kier molecular flexibility index (Phi) is 3.77. The van der Waals surface area contributed by atoms with Crippen LogP contribution in [-0.4, -0.2) is 0 Å². The lowest BCUT2D eigenvalue weighted by Gasteiger charge is -2.11. The van der Waals surface area contributed by atoms with E-state index in [2.05, 4.69) is 31.9 Å². The van der Waals surface area contributed by atoms with Crippen molar-refractivity contribution in [3.05, 3.63) is 56.2 Å². The van der Waals surface area contributed by atoms with E-state index in [1.165, 1.54) is 29.5 Å². The van der Waals surface area contributed by atoms with Crippen LogP contribution in [0.5, 0.6) is 0 Å². The fraction of sp³-hybridized carbons (Fsp3) is 0.0909. The van der Waals surface area contributed by atoms with Crippen LogP contribution in [0.15, 0.2) is 34.1 Å². The van der Waals surface area contributed by atoms with Crippen LogP contribution in [-0.2, 0) is 0 Å². The maximum atomic E-state index is 13.5. The molecule has 5 heteroatoms. The number of hydrogen-bond donors (Lipinski definition) is 0. The van der Waals surface area contributed by atoms with Gasteiger partial charge >= 0.3 is 0 Å². The highest BCUT2D eigenvalue weighted by Crippen LogP contribution is 2.40. The normalized spacial score (nSPS) is 12.8. The summed E-state index contributed by atoms with van der Waals surface area (Å²) < 4.78 is 27.9. The molecule has 0 aliphatic heterocycles. The molecule has 1 aromatic carbocycles. The maximum absolute atomic E-state index is 13.5. The summed E-state index contributed by atoms with van der Waals surface area (Å²) in [5.41, 5.74) is 0.0469. The molecule has 0 saturated carbocycles. The van der Waals surface area contributed by atoms with E-state index >= 15 is 0 Å². The third-order valence-corrected chi connectivity index (χ3v) is 5.28. The van der Waals surface area contributed by atoms with Crippen LogP contribution in [0.1, 0.15) is 15.3 Å². The summed E-state index contributed by atoms with van der Waals surface area (Å²) in [6, 6.07) is 5.73. The first kappa shape index (κ1) is 12.2. The van der Waals surface area contributed by atoms with Gasteiger partial charge in [0.25, 0.3) is 0 Å². The Morgan fingerprint density at radius 2 is 1.75 bits per heavy atom. The molecular weight excluding hydrogens is 362 g/mol. The second-order valence-electron chi connectivity index (χ2n) is 3.13. The Bertz CT molecular complexity index is 490. The molecule has 0 radical (unpaired) electrons.